The Labute approximate surface area is 173 Å². The zero-order valence-electron chi connectivity index (χ0n) is 16.5. The van der Waals surface area contributed by atoms with E-state index in [-0.39, 0.29) is 11.6 Å². The van der Waals surface area contributed by atoms with Crippen molar-refractivity contribution in [2.75, 3.05) is 7.11 Å². The van der Waals surface area contributed by atoms with Crippen molar-refractivity contribution in [2.45, 2.75) is 24.7 Å². The molecule has 152 valence electrons. The molecule has 1 N–H and O–H groups in total. The first kappa shape index (κ1) is 18.7. The van der Waals surface area contributed by atoms with Gasteiger partial charge in [-0.1, -0.05) is 41.6 Å². The minimum absolute atomic E-state index is 0.290. The molecule has 1 aromatic heterocycles. The van der Waals surface area contributed by atoms with E-state index in [0.29, 0.717) is 12.3 Å². The molecule has 0 unspecified atom stereocenters. The molecule has 6 heteroatoms. The average Bonchev–Trinajstić information content (AvgIpc) is 3.52. The van der Waals surface area contributed by atoms with Gasteiger partial charge in [0.25, 0.3) is 0 Å². The molecule has 0 amide bonds. The number of hydrogen-bond acceptors (Lipinski definition) is 3. The van der Waals surface area contributed by atoms with Crippen LogP contribution in [0.25, 0.3) is 6.08 Å². The maximum Gasteiger partial charge on any atom is 0.123 e. The Bertz CT molecular complexity index is 1080. The Kier molecular flexibility index (Phi) is 4.50. The van der Waals surface area contributed by atoms with Crippen molar-refractivity contribution in [3.63, 3.8) is 0 Å². The van der Waals surface area contributed by atoms with Gasteiger partial charge in [0.1, 0.15) is 30.1 Å². The number of H-pyrrole nitrogens is 1. The number of halogens is 2. The molecule has 2 aromatic carbocycles. The summed E-state index contributed by atoms with van der Waals surface area (Å²) in [5.41, 5.74) is 4.95. The molecule has 0 saturated heterocycles. The summed E-state index contributed by atoms with van der Waals surface area (Å²) in [4.78, 5) is 5.06. The lowest BCUT2D eigenvalue weighted by Crippen LogP contribution is -2.30. The first-order valence-electron chi connectivity index (χ1n) is 10.0. The Morgan fingerprint density at radius 3 is 2.17 bits per heavy atom. The minimum Gasteiger partial charge on any atom is -0.399 e. The van der Waals surface area contributed by atoms with E-state index in [1.54, 1.807) is 31.4 Å². The molecular weight excluding hydrogens is 384 g/mol. The van der Waals surface area contributed by atoms with Crippen LogP contribution in [0.15, 0.2) is 59.8 Å². The van der Waals surface area contributed by atoms with Crippen molar-refractivity contribution in [1.82, 2.24) is 10.2 Å². The average molecular weight is 405 g/mol. The van der Waals surface area contributed by atoms with Gasteiger partial charge in [-0.2, -0.15) is 5.10 Å². The van der Waals surface area contributed by atoms with E-state index >= 15 is 0 Å². The molecule has 1 saturated carbocycles. The van der Waals surface area contributed by atoms with Crippen molar-refractivity contribution in [3.05, 3.63) is 94.3 Å². The van der Waals surface area contributed by atoms with Crippen molar-refractivity contribution in [1.29, 1.82) is 0 Å². The fourth-order valence-electron chi connectivity index (χ4n) is 4.28. The van der Waals surface area contributed by atoms with Crippen LogP contribution in [-0.4, -0.2) is 23.0 Å². The largest absolute Gasteiger partial charge is 0.399 e. The first-order valence-corrected chi connectivity index (χ1v) is 10.0. The number of rotatable bonds is 5. The second kappa shape index (κ2) is 7.20. The molecule has 0 radical (unpaired) electrons. The third kappa shape index (κ3) is 3.12. The molecule has 0 atom stereocenters. The number of aromatic nitrogens is 2. The van der Waals surface area contributed by atoms with Crippen molar-refractivity contribution >= 4 is 11.8 Å². The predicted molar refractivity (Wildman–Crippen MR) is 111 cm³/mol. The summed E-state index contributed by atoms with van der Waals surface area (Å²) in [6, 6.07) is 13.0. The van der Waals surface area contributed by atoms with E-state index in [4.69, 9.17) is 4.84 Å². The molecule has 0 aliphatic heterocycles. The highest BCUT2D eigenvalue weighted by Crippen LogP contribution is 2.43. The summed E-state index contributed by atoms with van der Waals surface area (Å²) in [7, 11) is 1.55. The van der Waals surface area contributed by atoms with Crippen LogP contribution in [0.1, 0.15) is 40.9 Å². The van der Waals surface area contributed by atoms with Gasteiger partial charge in [-0.05, 0) is 48.2 Å². The Morgan fingerprint density at radius 1 is 1.03 bits per heavy atom. The number of benzene rings is 2. The van der Waals surface area contributed by atoms with Crippen LogP contribution in [0, 0.1) is 17.6 Å². The van der Waals surface area contributed by atoms with E-state index < -0.39 is 5.41 Å². The van der Waals surface area contributed by atoms with Gasteiger partial charge in [0.2, 0.25) is 0 Å². The molecule has 4 nitrogen and oxygen atoms in total. The van der Waals surface area contributed by atoms with Crippen LogP contribution >= 0.6 is 0 Å². The number of fused-ring (bicyclic) bond motifs is 1. The first-order chi connectivity index (χ1) is 14.6. The summed E-state index contributed by atoms with van der Waals surface area (Å²) >= 11 is 0. The highest BCUT2D eigenvalue weighted by molar-refractivity contribution is 6.04. The monoisotopic (exact) mass is 405 g/mol. The summed E-state index contributed by atoms with van der Waals surface area (Å²) in [6.45, 7) is 0. The lowest BCUT2D eigenvalue weighted by atomic mass is 9.68. The van der Waals surface area contributed by atoms with Crippen molar-refractivity contribution < 1.29 is 13.6 Å². The van der Waals surface area contributed by atoms with Gasteiger partial charge in [-0.15, -0.1) is 0 Å². The van der Waals surface area contributed by atoms with E-state index in [0.717, 1.165) is 46.6 Å². The van der Waals surface area contributed by atoms with Gasteiger partial charge < -0.3 is 4.84 Å². The van der Waals surface area contributed by atoms with Crippen LogP contribution in [0.3, 0.4) is 0 Å². The van der Waals surface area contributed by atoms with Crippen LogP contribution in [-0.2, 0) is 16.7 Å². The Morgan fingerprint density at radius 2 is 1.63 bits per heavy atom. The molecule has 30 heavy (non-hydrogen) atoms. The summed E-state index contributed by atoms with van der Waals surface area (Å²) < 4.78 is 27.2. The highest BCUT2D eigenvalue weighted by atomic mass is 19.1. The molecule has 1 fully saturated rings. The number of allylic oxidation sites excluding steroid dienone is 1. The van der Waals surface area contributed by atoms with E-state index in [2.05, 4.69) is 21.4 Å². The summed E-state index contributed by atoms with van der Waals surface area (Å²) in [5, 5.41) is 12.0. The van der Waals surface area contributed by atoms with Gasteiger partial charge >= 0.3 is 0 Å². The van der Waals surface area contributed by atoms with Crippen LogP contribution in [0.2, 0.25) is 0 Å². The Hall–Kier alpha value is -3.28. The van der Waals surface area contributed by atoms with Crippen LogP contribution < -0.4 is 0 Å². The summed E-state index contributed by atoms with van der Waals surface area (Å²) in [6.07, 6.45) is 6.91. The third-order valence-corrected chi connectivity index (χ3v) is 5.99. The normalized spacial score (nSPS) is 17.6. The smallest absolute Gasteiger partial charge is 0.123 e. The van der Waals surface area contributed by atoms with E-state index in [9.17, 15) is 8.78 Å². The fraction of sp³-hybridized carbons (Fsp3) is 0.250. The number of oxime groups is 1. The molecule has 2 aliphatic carbocycles. The second-order valence-electron chi connectivity index (χ2n) is 7.89. The quantitative estimate of drug-likeness (QED) is 0.480. The highest BCUT2D eigenvalue weighted by Gasteiger charge is 2.39. The van der Waals surface area contributed by atoms with Gasteiger partial charge in [0.15, 0.2) is 0 Å². The van der Waals surface area contributed by atoms with Crippen molar-refractivity contribution in [3.8, 4) is 0 Å². The van der Waals surface area contributed by atoms with Gasteiger partial charge in [0.05, 0.1) is 0 Å². The zero-order valence-corrected chi connectivity index (χ0v) is 16.5. The predicted octanol–water partition coefficient (Wildman–Crippen LogP) is 5.00. The van der Waals surface area contributed by atoms with E-state index in [1.165, 1.54) is 24.3 Å². The molecular formula is C24H21F2N3O. The molecule has 2 aliphatic rings. The lowest BCUT2D eigenvalue weighted by molar-refractivity contribution is 0.212. The number of aromatic amines is 1. The maximum absolute atomic E-state index is 13.6. The molecule has 5 rings (SSSR count). The van der Waals surface area contributed by atoms with Crippen molar-refractivity contribution in [2.24, 2.45) is 11.1 Å². The second-order valence-corrected chi connectivity index (χ2v) is 7.89. The van der Waals surface area contributed by atoms with Gasteiger partial charge in [-0.3, -0.25) is 5.10 Å². The standard InChI is InChI=1S/C24H21F2N3O/c1-30-29-22(15-2-3-15)23-20-12-13-24(14-21(20)27-28-23,16-4-8-18(25)9-5-16)17-6-10-19(26)11-7-17/h4-13,15H,2-3,14H2,1H3,(H,27,28)/b29-22+. The van der Waals surface area contributed by atoms with E-state index in [1.807, 2.05) is 6.08 Å². The SMILES string of the molecule is CO/N=C(/c1n[nH]c2c1C=CC(c1ccc(F)cc1)(c1ccc(F)cc1)C2)C1CC1. The maximum atomic E-state index is 13.6. The molecule has 0 spiro atoms. The zero-order chi connectivity index (χ0) is 20.7. The minimum atomic E-state index is -0.559. The molecule has 3 aromatic rings. The molecule has 1 heterocycles. The number of nitrogens with one attached hydrogen (secondary N) is 1. The molecule has 0 bridgehead atoms. The van der Waals surface area contributed by atoms with Crippen LogP contribution in [0.5, 0.6) is 0 Å². The van der Waals surface area contributed by atoms with Gasteiger partial charge in [-0.25, -0.2) is 8.78 Å². The number of nitrogens with zero attached hydrogens (tertiary/aromatic N) is 2. The third-order valence-electron chi connectivity index (χ3n) is 5.99. The summed E-state index contributed by atoms with van der Waals surface area (Å²) in [5.74, 6) is -0.198. The van der Waals surface area contributed by atoms with Gasteiger partial charge in [0, 0.05) is 29.0 Å². The van der Waals surface area contributed by atoms with Crippen LogP contribution in [0.4, 0.5) is 8.78 Å². The number of hydrogen-bond donors (Lipinski definition) is 1. The fourth-order valence-corrected chi connectivity index (χ4v) is 4.28. The lowest BCUT2D eigenvalue weighted by Gasteiger charge is -2.34. The Balaban J connectivity index is 1.62. The topological polar surface area (TPSA) is 50.3 Å².